The number of nitrogens with zero attached hydrogens (tertiary/aromatic N) is 4. The predicted molar refractivity (Wildman–Crippen MR) is 117 cm³/mol. The lowest BCUT2D eigenvalue weighted by Crippen LogP contribution is -2.30. The highest BCUT2D eigenvalue weighted by Gasteiger charge is 2.17. The second-order valence-electron chi connectivity index (χ2n) is 7.22. The summed E-state index contributed by atoms with van der Waals surface area (Å²) in [5.74, 6) is 1.72. The van der Waals surface area contributed by atoms with Crippen LogP contribution in [-0.4, -0.2) is 45.8 Å². The van der Waals surface area contributed by atoms with Crippen LogP contribution >= 0.6 is 0 Å². The van der Waals surface area contributed by atoms with E-state index < -0.39 is 0 Å². The Hall–Kier alpha value is -3.62. The van der Waals surface area contributed by atoms with E-state index in [1.54, 1.807) is 30.6 Å². The Kier molecular flexibility index (Phi) is 6.61. The zero-order chi connectivity index (χ0) is 21.5. The zero-order valence-electron chi connectivity index (χ0n) is 17.5. The summed E-state index contributed by atoms with van der Waals surface area (Å²) in [6, 6.07) is 8.88. The van der Waals surface area contributed by atoms with E-state index >= 15 is 0 Å². The molecule has 2 N–H and O–H groups in total. The van der Waals surface area contributed by atoms with Gasteiger partial charge in [-0.3, -0.25) is 15.1 Å². The van der Waals surface area contributed by atoms with Gasteiger partial charge in [-0.1, -0.05) is 0 Å². The highest BCUT2D eigenvalue weighted by Crippen LogP contribution is 2.29. The molecule has 9 nitrogen and oxygen atoms in total. The lowest BCUT2D eigenvalue weighted by Gasteiger charge is -2.24. The van der Waals surface area contributed by atoms with Crippen LogP contribution in [0.15, 0.2) is 42.7 Å². The van der Waals surface area contributed by atoms with Crippen LogP contribution < -0.4 is 19.7 Å². The molecule has 4 rings (SSSR count). The molecule has 162 valence electrons. The highest BCUT2D eigenvalue weighted by atomic mass is 16.5. The maximum Gasteiger partial charge on any atom is 0.258 e. The molecule has 0 bridgehead atoms. The van der Waals surface area contributed by atoms with Crippen LogP contribution in [0.5, 0.6) is 11.5 Å². The van der Waals surface area contributed by atoms with Crippen molar-refractivity contribution in [3.63, 3.8) is 0 Å². The number of hydrogen-bond donors (Lipinski definition) is 2. The van der Waals surface area contributed by atoms with Gasteiger partial charge >= 0.3 is 0 Å². The molecule has 0 atom stereocenters. The Balaban J connectivity index is 1.42. The number of anilines is 2. The van der Waals surface area contributed by atoms with Crippen molar-refractivity contribution >= 4 is 17.8 Å². The molecule has 3 heterocycles. The topological polar surface area (TPSA) is 105 Å². The lowest BCUT2D eigenvalue weighted by molar-refractivity contribution is 0.102. The van der Waals surface area contributed by atoms with Crippen molar-refractivity contribution in [1.29, 1.82) is 0 Å². The first-order valence-corrected chi connectivity index (χ1v) is 10.5. The van der Waals surface area contributed by atoms with Gasteiger partial charge in [-0.2, -0.15) is 4.98 Å². The average Bonchev–Trinajstić information content (AvgIpc) is 3.28. The molecule has 1 aromatic carbocycles. The van der Waals surface area contributed by atoms with E-state index in [0.29, 0.717) is 42.2 Å². The molecule has 9 heteroatoms. The first kappa shape index (κ1) is 20.6. The number of ether oxygens (including phenoxy) is 2. The number of carbonyl (C=O) groups excluding carboxylic acids is 1. The largest absolute Gasteiger partial charge is 0.490 e. The van der Waals surface area contributed by atoms with Crippen molar-refractivity contribution in [2.45, 2.75) is 32.8 Å². The molecular weight excluding hydrogens is 396 g/mol. The molecule has 1 aliphatic rings. The third-order valence-electron chi connectivity index (χ3n) is 4.99. The standard InChI is InChI=1S/C22H26N6O3/c1-2-30-19-14-17(6-7-18(19)31-15-16-8-10-23-11-9-16)20(29)24-21-25-22(27-26-21)28-12-4-3-5-13-28/h6-11,14H,2-5,12-13,15H2,1H3,(H2,24,25,26,27,29). The molecule has 3 aromatic rings. The van der Waals surface area contributed by atoms with Crippen LogP contribution in [0.3, 0.4) is 0 Å². The fourth-order valence-electron chi connectivity index (χ4n) is 3.40. The number of aromatic amines is 1. The van der Waals surface area contributed by atoms with Crippen molar-refractivity contribution in [3.8, 4) is 11.5 Å². The first-order chi connectivity index (χ1) is 15.2. The van der Waals surface area contributed by atoms with Crippen molar-refractivity contribution in [2.75, 3.05) is 29.9 Å². The number of pyridine rings is 1. The second-order valence-corrected chi connectivity index (χ2v) is 7.22. The molecule has 0 spiro atoms. The van der Waals surface area contributed by atoms with Crippen LogP contribution in [0.2, 0.25) is 0 Å². The summed E-state index contributed by atoms with van der Waals surface area (Å²) >= 11 is 0. The number of nitrogens with one attached hydrogen (secondary N) is 2. The third kappa shape index (κ3) is 5.30. The molecule has 1 amide bonds. The molecule has 1 aliphatic heterocycles. The summed E-state index contributed by atoms with van der Waals surface area (Å²) in [4.78, 5) is 23.3. The summed E-state index contributed by atoms with van der Waals surface area (Å²) in [6.45, 7) is 4.59. The van der Waals surface area contributed by atoms with E-state index in [0.717, 1.165) is 31.5 Å². The molecular formula is C22H26N6O3. The minimum Gasteiger partial charge on any atom is -0.490 e. The third-order valence-corrected chi connectivity index (χ3v) is 4.99. The minimum absolute atomic E-state index is 0.303. The first-order valence-electron chi connectivity index (χ1n) is 10.5. The normalized spacial score (nSPS) is 13.6. The molecule has 31 heavy (non-hydrogen) atoms. The van der Waals surface area contributed by atoms with Crippen LogP contribution in [0.1, 0.15) is 42.1 Å². The fourth-order valence-corrected chi connectivity index (χ4v) is 3.40. The summed E-state index contributed by atoms with van der Waals surface area (Å²) in [5, 5.41) is 9.79. The average molecular weight is 422 g/mol. The minimum atomic E-state index is -0.303. The lowest BCUT2D eigenvalue weighted by atomic mass is 10.1. The van der Waals surface area contributed by atoms with Gasteiger partial charge in [-0.25, -0.2) is 5.10 Å². The van der Waals surface area contributed by atoms with Gasteiger partial charge in [-0.15, -0.1) is 5.10 Å². The van der Waals surface area contributed by atoms with Crippen LogP contribution in [-0.2, 0) is 6.61 Å². The summed E-state index contributed by atoms with van der Waals surface area (Å²) in [7, 11) is 0. The number of rotatable bonds is 8. The molecule has 1 saturated heterocycles. The van der Waals surface area contributed by atoms with Crippen LogP contribution in [0.25, 0.3) is 0 Å². The van der Waals surface area contributed by atoms with Gasteiger partial charge in [0, 0.05) is 31.0 Å². The van der Waals surface area contributed by atoms with E-state index in [-0.39, 0.29) is 5.91 Å². The number of benzene rings is 1. The van der Waals surface area contributed by atoms with Gasteiger partial charge in [0.1, 0.15) is 6.61 Å². The Morgan fingerprint density at radius 2 is 1.90 bits per heavy atom. The van der Waals surface area contributed by atoms with Crippen LogP contribution in [0.4, 0.5) is 11.9 Å². The Morgan fingerprint density at radius 1 is 1.10 bits per heavy atom. The zero-order valence-corrected chi connectivity index (χ0v) is 17.5. The van der Waals surface area contributed by atoms with Crippen molar-refractivity contribution in [3.05, 3.63) is 53.9 Å². The number of amides is 1. The van der Waals surface area contributed by atoms with Gasteiger partial charge < -0.3 is 14.4 Å². The molecule has 0 unspecified atom stereocenters. The van der Waals surface area contributed by atoms with Gasteiger partial charge in [0.05, 0.1) is 6.61 Å². The number of piperidine rings is 1. The van der Waals surface area contributed by atoms with Crippen molar-refractivity contribution in [1.82, 2.24) is 20.2 Å². The van der Waals surface area contributed by atoms with E-state index in [1.807, 2.05) is 19.1 Å². The maximum atomic E-state index is 12.7. The molecule has 2 aromatic heterocycles. The summed E-state index contributed by atoms with van der Waals surface area (Å²) < 4.78 is 11.6. The van der Waals surface area contributed by atoms with Crippen molar-refractivity contribution < 1.29 is 14.3 Å². The predicted octanol–water partition coefficient (Wildman–Crippen LogP) is 3.42. The second kappa shape index (κ2) is 9.92. The number of H-pyrrole nitrogens is 1. The molecule has 1 fully saturated rings. The van der Waals surface area contributed by atoms with E-state index in [4.69, 9.17) is 9.47 Å². The van der Waals surface area contributed by atoms with E-state index in [9.17, 15) is 4.79 Å². The van der Waals surface area contributed by atoms with E-state index in [2.05, 4.69) is 30.4 Å². The molecule has 0 aliphatic carbocycles. The SMILES string of the molecule is CCOc1cc(C(=O)Nc2nc(N3CCCCC3)n[nH]2)ccc1OCc1ccncc1. The van der Waals surface area contributed by atoms with E-state index in [1.165, 1.54) is 6.42 Å². The Labute approximate surface area is 180 Å². The Morgan fingerprint density at radius 3 is 2.68 bits per heavy atom. The number of aromatic nitrogens is 4. The molecule has 0 radical (unpaired) electrons. The summed E-state index contributed by atoms with van der Waals surface area (Å²) in [6.07, 6.45) is 6.93. The van der Waals surface area contributed by atoms with Gasteiger partial charge in [0.2, 0.25) is 11.9 Å². The quantitative estimate of drug-likeness (QED) is 0.573. The maximum absolute atomic E-state index is 12.7. The highest BCUT2D eigenvalue weighted by molar-refractivity contribution is 6.03. The number of hydrogen-bond acceptors (Lipinski definition) is 7. The smallest absolute Gasteiger partial charge is 0.258 e. The van der Waals surface area contributed by atoms with Crippen molar-refractivity contribution in [2.24, 2.45) is 0 Å². The summed E-state index contributed by atoms with van der Waals surface area (Å²) in [5.41, 5.74) is 1.43. The fraction of sp³-hybridized carbons (Fsp3) is 0.364. The number of carbonyl (C=O) groups is 1. The van der Waals surface area contributed by atoms with Gasteiger partial charge in [0.25, 0.3) is 5.91 Å². The van der Waals surface area contributed by atoms with Gasteiger partial charge in [0.15, 0.2) is 11.5 Å². The Bertz CT molecular complexity index is 1000. The molecule has 0 saturated carbocycles. The van der Waals surface area contributed by atoms with Gasteiger partial charge in [-0.05, 0) is 62.1 Å². The monoisotopic (exact) mass is 422 g/mol. The van der Waals surface area contributed by atoms with Crippen LogP contribution in [0, 0.1) is 0 Å².